The number of methoxy groups -OCH3 is 1. The lowest BCUT2D eigenvalue weighted by Gasteiger charge is -2.08. The Bertz CT molecular complexity index is 1020. The van der Waals surface area contributed by atoms with Crippen LogP contribution in [-0.2, 0) is 24.4 Å². The summed E-state index contributed by atoms with van der Waals surface area (Å²) in [5.41, 5.74) is 0.851. The van der Waals surface area contributed by atoms with E-state index in [-0.39, 0.29) is 29.1 Å². The second-order valence-electron chi connectivity index (χ2n) is 6.05. The van der Waals surface area contributed by atoms with Crippen LogP contribution in [0.15, 0.2) is 18.5 Å². The summed E-state index contributed by atoms with van der Waals surface area (Å²) in [6, 6.07) is 1.57. The highest BCUT2D eigenvalue weighted by Crippen LogP contribution is 2.34. The second-order valence-corrected chi connectivity index (χ2v) is 6.44. The highest BCUT2D eigenvalue weighted by Gasteiger charge is 2.31. The van der Waals surface area contributed by atoms with Gasteiger partial charge in [-0.1, -0.05) is 11.6 Å². The Balaban J connectivity index is 1.80. The van der Waals surface area contributed by atoms with Gasteiger partial charge in [0.25, 0.3) is 0 Å². The number of hydrogen-bond donors (Lipinski definition) is 0. The van der Waals surface area contributed by atoms with Crippen molar-refractivity contribution in [3.05, 3.63) is 29.4 Å². The first-order chi connectivity index (χ1) is 13.3. The van der Waals surface area contributed by atoms with Crippen molar-refractivity contribution >= 4 is 11.6 Å². The summed E-state index contributed by atoms with van der Waals surface area (Å²) in [4.78, 5) is 12.7. The van der Waals surface area contributed by atoms with Crippen LogP contribution >= 0.6 is 11.6 Å². The molecule has 1 aliphatic rings. The number of hydrogen-bond acceptors (Lipinski definition) is 6. The summed E-state index contributed by atoms with van der Waals surface area (Å²) in [6.45, 7) is -0.490. The van der Waals surface area contributed by atoms with Gasteiger partial charge in [0.15, 0.2) is 11.6 Å². The van der Waals surface area contributed by atoms with Gasteiger partial charge in [-0.05, 0) is 0 Å². The van der Waals surface area contributed by atoms with E-state index in [1.165, 1.54) is 13.3 Å². The molecule has 0 aromatic carbocycles. The molecule has 3 aromatic heterocycles. The van der Waals surface area contributed by atoms with Crippen LogP contribution in [0.25, 0.3) is 22.9 Å². The fraction of sp³-hybridized carbons (Fsp3) is 0.375. The summed E-state index contributed by atoms with van der Waals surface area (Å²) in [5.74, 6) is 1.16. The summed E-state index contributed by atoms with van der Waals surface area (Å²) in [5, 5.41) is 4.17. The van der Waals surface area contributed by atoms with E-state index in [2.05, 4.69) is 20.1 Å². The maximum absolute atomic E-state index is 13.0. The van der Waals surface area contributed by atoms with Crippen molar-refractivity contribution in [2.45, 2.75) is 25.9 Å². The number of aromatic nitrogens is 6. The lowest BCUT2D eigenvalue weighted by molar-refractivity contribution is -0.142. The van der Waals surface area contributed by atoms with E-state index in [0.717, 1.165) is 4.68 Å². The van der Waals surface area contributed by atoms with Crippen LogP contribution in [-0.4, -0.2) is 49.2 Å². The first kappa shape index (κ1) is 18.7. The molecule has 0 spiro atoms. The summed E-state index contributed by atoms with van der Waals surface area (Å²) < 4.78 is 52.1. The highest BCUT2D eigenvalue weighted by molar-refractivity contribution is 6.29. The van der Waals surface area contributed by atoms with E-state index in [0.29, 0.717) is 30.3 Å². The minimum absolute atomic E-state index is 0.00865. The fourth-order valence-corrected chi connectivity index (χ4v) is 3.06. The van der Waals surface area contributed by atoms with Crippen molar-refractivity contribution in [3.8, 4) is 28.7 Å². The van der Waals surface area contributed by atoms with Gasteiger partial charge in [0.05, 0.1) is 12.1 Å². The zero-order valence-electron chi connectivity index (χ0n) is 14.6. The molecule has 0 saturated carbocycles. The third-order valence-electron chi connectivity index (χ3n) is 3.99. The summed E-state index contributed by atoms with van der Waals surface area (Å²) >= 11 is 5.91. The molecule has 4 rings (SSSR count). The van der Waals surface area contributed by atoms with Crippen LogP contribution in [0.5, 0.6) is 5.75 Å². The van der Waals surface area contributed by atoms with E-state index in [1.54, 1.807) is 16.8 Å². The molecule has 1 aliphatic heterocycles. The molecule has 0 aliphatic carbocycles. The minimum Gasteiger partial charge on any atom is -0.491 e. The van der Waals surface area contributed by atoms with E-state index >= 15 is 0 Å². The van der Waals surface area contributed by atoms with E-state index < -0.39 is 12.7 Å². The van der Waals surface area contributed by atoms with Gasteiger partial charge in [0.2, 0.25) is 0 Å². The Hall–Kier alpha value is -2.66. The molecule has 8 nitrogen and oxygen atoms in total. The van der Waals surface area contributed by atoms with Gasteiger partial charge in [-0.15, -0.1) is 0 Å². The van der Waals surface area contributed by atoms with Gasteiger partial charge in [-0.3, -0.25) is 0 Å². The third kappa shape index (κ3) is 3.67. The standard InChI is InChI=1S/C16H14ClF3N6O2/c1-27-7-13-23-15(26(24-13)8-16(18,19)20)10-6-25-2-3-28-11-4-12(17)21-5-9(11)14(25)22-10/h4-6H,2-3,7-8H2,1H3. The largest absolute Gasteiger partial charge is 0.491 e. The Morgan fingerprint density at radius 3 is 2.86 bits per heavy atom. The quantitative estimate of drug-likeness (QED) is 0.611. The number of fused-ring (bicyclic) bond motifs is 3. The van der Waals surface area contributed by atoms with Crippen molar-refractivity contribution in [2.24, 2.45) is 0 Å². The Kier molecular flexibility index (Phi) is 4.71. The van der Waals surface area contributed by atoms with Crippen molar-refractivity contribution in [1.29, 1.82) is 0 Å². The van der Waals surface area contributed by atoms with Crippen LogP contribution < -0.4 is 4.74 Å². The van der Waals surface area contributed by atoms with Crippen LogP contribution in [0.2, 0.25) is 5.15 Å². The van der Waals surface area contributed by atoms with Crippen molar-refractivity contribution in [1.82, 2.24) is 29.3 Å². The van der Waals surface area contributed by atoms with E-state index in [9.17, 15) is 13.2 Å². The molecule has 0 atom stereocenters. The number of nitrogens with zero attached hydrogens (tertiary/aromatic N) is 6. The molecule has 0 amide bonds. The predicted octanol–water partition coefficient (Wildman–Crippen LogP) is 2.96. The van der Waals surface area contributed by atoms with Gasteiger partial charge in [0, 0.05) is 25.6 Å². The molecule has 4 heterocycles. The van der Waals surface area contributed by atoms with Crippen molar-refractivity contribution in [3.63, 3.8) is 0 Å². The molecule has 0 N–H and O–H groups in total. The Morgan fingerprint density at radius 2 is 2.11 bits per heavy atom. The van der Waals surface area contributed by atoms with Gasteiger partial charge >= 0.3 is 6.18 Å². The van der Waals surface area contributed by atoms with E-state index in [1.807, 2.05) is 0 Å². The lowest BCUT2D eigenvalue weighted by atomic mass is 10.2. The maximum atomic E-state index is 13.0. The van der Waals surface area contributed by atoms with E-state index in [4.69, 9.17) is 21.1 Å². The maximum Gasteiger partial charge on any atom is 0.408 e. The third-order valence-corrected chi connectivity index (χ3v) is 4.19. The molecule has 3 aromatic rings. The predicted molar refractivity (Wildman–Crippen MR) is 91.7 cm³/mol. The number of imidazole rings is 1. The molecular formula is C16H14ClF3N6O2. The fourth-order valence-electron chi connectivity index (χ4n) is 2.91. The Morgan fingerprint density at radius 1 is 1.29 bits per heavy atom. The SMILES string of the molecule is COCc1nc(-c2cn3c(n2)-c2cnc(Cl)cc2OCC3)n(CC(F)(F)F)n1. The zero-order chi connectivity index (χ0) is 19.9. The summed E-state index contributed by atoms with van der Waals surface area (Å²) in [6.07, 6.45) is -1.32. The van der Waals surface area contributed by atoms with Gasteiger partial charge in [-0.2, -0.15) is 18.3 Å². The topological polar surface area (TPSA) is 79.9 Å². The van der Waals surface area contributed by atoms with Gasteiger partial charge in [0.1, 0.15) is 42.2 Å². The monoisotopic (exact) mass is 414 g/mol. The molecule has 148 valence electrons. The zero-order valence-corrected chi connectivity index (χ0v) is 15.3. The number of pyridine rings is 1. The highest BCUT2D eigenvalue weighted by atomic mass is 35.5. The van der Waals surface area contributed by atoms with Crippen molar-refractivity contribution < 1.29 is 22.6 Å². The molecular weight excluding hydrogens is 401 g/mol. The first-order valence-electron chi connectivity index (χ1n) is 8.20. The van der Waals surface area contributed by atoms with Crippen LogP contribution in [0.4, 0.5) is 13.2 Å². The lowest BCUT2D eigenvalue weighted by Crippen LogP contribution is -2.19. The number of rotatable bonds is 4. The molecule has 0 fully saturated rings. The number of halogens is 4. The number of alkyl halides is 3. The second kappa shape index (κ2) is 7.06. The molecule has 0 radical (unpaired) electrons. The van der Waals surface area contributed by atoms with Crippen LogP contribution in [0, 0.1) is 0 Å². The minimum atomic E-state index is -4.45. The molecule has 0 saturated heterocycles. The molecule has 28 heavy (non-hydrogen) atoms. The number of ether oxygens (including phenoxy) is 2. The summed E-state index contributed by atoms with van der Waals surface area (Å²) in [7, 11) is 1.41. The molecule has 0 bridgehead atoms. The Labute approximate surface area is 161 Å². The normalized spacial score (nSPS) is 13.6. The smallest absolute Gasteiger partial charge is 0.408 e. The van der Waals surface area contributed by atoms with Crippen molar-refractivity contribution in [2.75, 3.05) is 13.7 Å². The average molecular weight is 415 g/mol. The molecule has 12 heteroatoms. The molecule has 0 unspecified atom stereocenters. The van der Waals surface area contributed by atoms with Crippen LogP contribution in [0.1, 0.15) is 5.82 Å². The van der Waals surface area contributed by atoms with Crippen LogP contribution in [0.3, 0.4) is 0 Å². The average Bonchev–Trinajstić information content (AvgIpc) is 3.14. The first-order valence-corrected chi connectivity index (χ1v) is 8.57. The van der Waals surface area contributed by atoms with Gasteiger partial charge in [-0.25, -0.2) is 19.6 Å². The van der Waals surface area contributed by atoms with Gasteiger partial charge < -0.3 is 14.0 Å².